The molecule has 21 heavy (non-hydrogen) atoms. The fraction of sp³-hybridized carbons (Fsp3) is 0.438. The number of ketones is 1. The van der Waals surface area contributed by atoms with E-state index in [1.807, 2.05) is 19.9 Å². The Labute approximate surface area is 133 Å². The van der Waals surface area contributed by atoms with Gasteiger partial charge in [0.1, 0.15) is 11.5 Å². The van der Waals surface area contributed by atoms with Crippen LogP contribution in [0.25, 0.3) is 0 Å². The van der Waals surface area contributed by atoms with Gasteiger partial charge in [-0.3, -0.25) is 4.79 Å². The standard InChI is InChI=1S/C16H21BrO4/c1-10(2)5-4-6-16(3,21)9-15(20)11-7-14(19)12(17)8-13(11)18/h5,7-8,18-19,21H,4,6,9H2,1-3H3/t16-/m1/s1. The summed E-state index contributed by atoms with van der Waals surface area (Å²) in [5, 5.41) is 29.6. The van der Waals surface area contributed by atoms with E-state index >= 15 is 0 Å². The van der Waals surface area contributed by atoms with E-state index in [0.717, 1.165) is 5.57 Å². The fourth-order valence-electron chi connectivity index (χ4n) is 1.98. The zero-order valence-corrected chi connectivity index (χ0v) is 14.1. The number of rotatable bonds is 6. The van der Waals surface area contributed by atoms with Crippen LogP contribution in [0.1, 0.15) is 50.4 Å². The van der Waals surface area contributed by atoms with Crippen LogP contribution >= 0.6 is 15.9 Å². The van der Waals surface area contributed by atoms with Gasteiger partial charge in [0.15, 0.2) is 5.78 Å². The van der Waals surface area contributed by atoms with Crippen LogP contribution in [0, 0.1) is 0 Å². The molecule has 0 unspecified atom stereocenters. The number of hydrogen-bond acceptors (Lipinski definition) is 4. The number of benzene rings is 1. The van der Waals surface area contributed by atoms with E-state index in [2.05, 4.69) is 15.9 Å². The Bertz CT molecular complexity index is 558. The number of phenols is 2. The third-order valence-electron chi connectivity index (χ3n) is 3.14. The molecule has 116 valence electrons. The predicted molar refractivity (Wildman–Crippen MR) is 85.7 cm³/mol. The summed E-state index contributed by atoms with van der Waals surface area (Å²) in [4.78, 5) is 12.2. The Balaban J connectivity index is 2.80. The molecule has 0 saturated heterocycles. The number of Topliss-reactive ketones (excluding diaryl/α,β-unsaturated/α-hetero) is 1. The fourth-order valence-corrected chi connectivity index (χ4v) is 2.31. The first-order chi connectivity index (χ1) is 9.62. The van der Waals surface area contributed by atoms with Crippen LogP contribution in [0.2, 0.25) is 0 Å². The lowest BCUT2D eigenvalue weighted by Crippen LogP contribution is -2.27. The summed E-state index contributed by atoms with van der Waals surface area (Å²) in [5.74, 6) is -0.748. The van der Waals surface area contributed by atoms with E-state index in [4.69, 9.17) is 0 Å². The van der Waals surface area contributed by atoms with Crippen molar-refractivity contribution in [2.45, 2.75) is 45.6 Å². The topological polar surface area (TPSA) is 77.8 Å². The van der Waals surface area contributed by atoms with Crippen LogP contribution < -0.4 is 0 Å². The summed E-state index contributed by atoms with van der Waals surface area (Å²) in [7, 11) is 0. The van der Waals surface area contributed by atoms with Crippen LogP contribution in [0.15, 0.2) is 28.3 Å². The molecule has 1 rings (SSSR count). The van der Waals surface area contributed by atoms with Crippen molar-refractivity contribution < 1.29 is 20.1 Å². The molecule has 0 fully saturated rings. The minimum Gasteiger partial charge on any atom is -0.507 e. The number of halogens is 1. The maximum absolute atomic E-state index is 12.2. The Morgan fingerprint density at radius 1 is 1.29 bits per heavy atom. The Hall–Kier alpha value is -1.33. The first-order valence-electron chi connectivity index (χ1n) is 6.73. The van der Waals surface area contributed by atoms with Crippen LogP contribution in [0.4, 0.5) is 0 Å². The quantitative estimate of drug-likeness (QED) is 0.410. The summed E-state index contributed by atoms with van der Waals surface area (Å²) in [6, 6.07) is 2.47. The van der Waals surface area contributed by atoms with Gasteiger partial charge in [0, 0.05) is 6.42 Å². The molecule has 1 aromatic carbocycles. The second-order valence-corrected chi connectivity index (χ2v) is 6.59. The summed E-state index contributed by atoms with van der Waals surface area (Å²) in [6.07, 6.45) is 3.02. The number of carbonyl (C=O) groups excluding carboxylic acids is 1. The zero-order valence-electron chi connectivity index (χ0n) is 12.5. The minimum absolute atomic E-state index is 0.0122. The smallest absolute Gasteiger partial charge is 0.169 e. The lowest BCUT2D eigenvalue weighted by Gasteiger charge is -2.22. The third kappa shape index (κ3) is 5.52. The molecule has 1 atom stereocenters. The summed E-state index contributed by atoms with van der Waals surface area (Å²) in [5.41, 5.74) is 0.0174. The number of phenolic OH excluding ortho intramolecular Hbond substituents is 2. The molecule has 3 N–H and O–H groups in total. The number of aromatic hydroxyl groups is 2. The average Bonchev–Trinajstić information content (AvgIpc) is 2.32. The maximum Gasteiger partial charge on any atom is 0.169 e. The lowest BCUT2D eigenvalue weighted by atomic mass is 9.91. The monoisotopic (exact) mass is 356 g/mol. The molecular weight excluding hydrogens is 336 g/mol. The van der Waals surface area contributed by atoms with Crippen LogP contribution in [-0.4, -0.2) is 26.7 Å². The van der Waals surface area contributed by atoms with Gasteiger partial charge in [-0.25, -0.2) is 0 Å². The lowest BCUT2D eigenvalue weighted by molar-refractivity contribution is 0.0397. The highest BCUT2D eigenvalue weighted by molar-refractivity contribution is 9.10. The molecule has 0 heterocycles. The highest BCUT2D eigenvalue weighted by Gasteiger charge is 2.26. The molecule has 0 saturated carbocycles. The molecular formula is C16H21BrO4. The van der Waals surface area contributed by atoms with Crippen molar-refractivity contribution in [1.29, 1.82) is 0 Å². The van der Waals surface area contributed by atoms with Gasteiger partial charge in [0.2, 0.25) is 0 Å². The van der Waals surface area contributed by atoms with Crippen LogP contribution in [0.3, 0.4) is 0 Å². The second-order valence-electron chi connectivity index (χ2n) is 5.74. The molecule has 0 amide bonds. The van der Waals surface area contributed by atoms with Crippen molar-refractivity contribution in [2.24, 2.45) is 0 Å². The van der Waals surface area contributed by atoms with Gasteiger partial charge >= 0.3 is 0 Å². The zero-order chi connectivity index (χ0) is 16.2. The van der Waals surface area contributed by atoms with E-state index in [1.165, 1.54) is 12.1 Å². The molecule has 0 spiro atoms. The first-order valence-corrected chi connectivity index (χ1v) is 7.52. The predicted octanol–water partition coefficient (Wildman–Crippen LogP) is 3.93. The van der Waals surface area contributed by atoms with E-state index in [1.54, 1.807) is 6.92 Å². The van der Waals surface area contributed by atoms with Crippen molar-refractivity contribution in [1.82, 2.24) is 0 Å². The van der Waals surface area contributed by atoms with Gasteiger partial charge < -0.3 is 15.3 Å². The minimum atomic E-state index is -1.15. The Morgan fingerprint density at radius 3 is 2.48 bits per heavy atom. The van der Waals surface area contributed by atoms with Crippen molar-refractivity contribution >= 4 is 21.7 Å². The molecule has 0 aliphatic carbocycles. The normalized spacial score (nSPS) is 13.6. The molecule has 0 radical (unpaired) electrons. The summed E-state index contributed by atoms with van der Waals surface area (Å²) in [6.45, 7) is 5.55. The number of carbonyl (C=O) groups is 1. The molecule has 0 aliphatic rings. The van der Waals surface area contributed by atoms with E-state index in [0.29, 0.717) is 17.3 Å². The molecule has 4 nitrogen and oxygen atoms in total. The van der Waals surface area contributed by atoms with E-state index < -0.39 is 11.4 Å². The van der Waals surface area contributed by atoms with Crippen molar-refractivity contribution in [3.63, 3.8) is 0 Å². The SMILES string of the molecule is CC(C)=CCC[C@@](C)(O)CC(=O)c1cc(O)c(Br)cc1O. The second kappa shape index (κ2) is 7.09. The van der Waals surface area contributed by atoms with Gasteiger partial charge in [0.25, 0.3) is 0 Å². The van der Waals surface area contributed by atoms with Crippen LogP contribution in [-0.2, 0) is 0 Å². The highest BCUT2D eigenvalue weighted by Crippen LogP contribution is 2.33. The van der Waals surface area contributed by atoms with Crippen LogP contribution in [0.5, 0.6) is 11.5 Å². The highest BCUT2D eigenvalue weighted by atomic mass is 79.9. The molecule has 1 aromatic rings. The van der Waals surface area contributed by atoms with Gasteiger partial charge in [-0.05, 0) is 61.7 Å². The molecule has 0 aliphatic heterocycles. The molecule has 0 aromatic heterocycles. The number of allylic oxidation sites excluding steroid dienone is 2. The van der Waals surface area contributed by atoms with Gasteiger partial charge in [0.05, 0.1) is 15.6 Å². The molecule has 5 heteroatoms. The maximum atomic E-state index is 12.2. The Kier molecular flexibility index (Phi) is 5.98. The summed E-state index contributed by atoms with van der Waals surface area (Å²) >= 11 is 3.06. The van der Waals surface area contributed by atoms with Crippen molar-refractivity contribution in [3.8, 4) is 11.5 Å². The van der Waals surface area contributed by atoms with Crippen molar-refractivity contribution in [2.75, 3.05) is 0 Å². The number of hydrogen-bond donors (Lipinski definition) is 3. The Morgan fingerprint density at radius 2 is 1.90 bits per heavy atom. The van der Waals surface area contributed by atoms with Crippen molar-refractivity contribution in [3.05, 3.63) is 33.8 Å². The van der Waals surface area contributed by atoms with Gasteiger partial charge in [-0.1, -0.05) is 11.6 Å². The largest absolute Gasteiger partial charge is 0.507 e. The van der Waals surface area contributed by atoms with E-state index in [9.17, 15) is 20.1 Å². The molecule has 0 bridgehead atoms. The average molecular weight is 357 g/mol. The van der Waals surface area contributed by atoms with Gasteiger partial charge in [-0.15, -0.1) is 0 Å². The van der Waals surface area contributed by atoms with E-state index in [-0.39, 0.29) is 23.5 Å². The first kappa shape index (κ1) is 17.7. The number of aliphatic hydroxyl groups is 1. The van der Waals surface area contributed by atoms with Gasteiger partial charge in [-0.2, -0.15) is 0 Å². The third-order valence-corrected chi connectivity index (χ3v) is 3.78. The summed E-state index contributed by atoms with van der Waals surface area (Å²) < 4.78 is 0.312.